The van der Waals surface area contributed by atoms with Crippen LogP contribution >= 0.6 is 0 Å². The third-order valence-electron chi connectivity index (χ3n) is 6.24. The van der Waals surface area contributed by atoms with E-state index < -0.39 is 78.0 Å². The monoisotopic (exact) mass is 589 g/mol. The quantitative estimate of drug-likeness (QED) is 0.273. The third-order valence-corrected chi connectivity index (χ3v) is 7.63. The molecule has 41 heavy (non-hydrogen) atoms. The van der Waals surface area contributed by atoms with Gasteiger partial charge in [-0.05, 0) is 85.4 Å². The van der Waals surface area contributed by atoms with E-state index in [9.17, 15) is 18.0 Å². The molecule has 10 heteroatoms. The molecule has 1 aliphatic carbocycles. The van der Waals surface area contributed by atoms with Gasteiger partial charge in [-0.25, -0.2) is 17.9 Å². The maximum absolute atomic E-state index is 13.2. The Morgan fingerprint density at radius 1 is 1.07 bits per heavy atom. The molecular weight excluding hydrogens is 542 g/mol. The summed E-state index contributed by atoms with van der Waals surface area (Å²) in [6.45, 7) is -2.82. The summed E-state index contributed by atoms with van der Waals surface area (Å²) in [5.74, 6) is -1.52. The molecule has 0 bridgehead atoms. The van der Waals surface area contributed by atoms with Crippen LogP contribution in [0.2, 0.25) is 0 Å². The zero-order valence-electron chi connectivity index (χ0n) is 35.4. The normalized spacial score (nSPS) is 24.3. The highest BCUT2D eigenvalue weighted by molar-refractivity contribution is 7.90. The van der Waals surface area contributed by atoms with Crippen LogP contribution < -0.4 is 14.8 Å². The first kappa shape index (κ1) is 15.6. The minimum atomic E-state index is -4.71. The molecule has 3 aromatic carbocycles. The SMILES string of the molecule is [2H]C([2H])([2H])Oc1cc(C(=O)NS(=O)(=O)c2ccccc2C([2H])([2H])[2H])ccc1Cc1cn(C)c2ccc(NC(=O)OC3C([2H])([2H])C([2H])([2H])C([2H])([2H])C3([2H])[2H])cc12. The van der Waals surface area contributed by atoms with Gasteiger partial charge in [0.2, 0.25) is 0 Å². The standard InChI is InChI=1S/C31H33N3O6S/c1-20-8-4-7-11-29(20)41(37,38)33-30(35)22-13-12-21(28(17-22)39-3)16-23-19-34(2)27-15-14-24(18-26(23)27)32-31(36)40-25-9-5-6-10-25/h4,7-8,11-15,17-19,25H,5-6,9-10,16H2,1-3H3,(H,32,36)(H,33,35)/i1D3,3D3,5D2,6D2,9D2,10D2. The number of ether oxygens (including phenoxy) is 2. The van der Waals surface area contributed by atoms with E-state index in [0.29, 0.717) is 16.5 Å². The molecule has 0 unspecified atom stereocenters. The molecule has 2 N–H and O–H groups in total. The molecule has 1 heterocycles. The minimum Gasteiger partial charge on any atom is -0.496 e. The van der Waals surface area contributed by atoms with E-state index in [2.05, 4.69) is 5.32 Å². The van der Waals surface area contributed by atoms with Crippen LogP contribution in [0.5, 0.6) is 5.75 Å². The van der Waals surface area contributed by atoms with Crippen molar-refractivity contribution in [1.82, 2.24) is 9.29 Å². The molecule has 4 aromatic rings. The highest BCUT2D eigenvalue weighted by Crippen LogP contribution is 2.30. The number of nitrogens with zero attached hydrogens (tertiary/aromatic N) is 1. The van der Waals surface area contributed by atoms with Gasteiger partial charge >= 0.3 is 6.09 Å². The van der Waals surface area contributed by atoms with Crippen molar-refractivity contribution in [2.24, 2.45) is 7.05 Å². The lowest BCUT2D eigenvalue weighted by Crippen LogP contribution is -2.31. The molecule has 0 radical (unpaired) electrons. The number of fused-ring (bicyclic) bond motifs is 1. The maximum Gasteiger partial charge on any atom is 0.411 e. The number of hydrogen-bond donors (Lipinski definition) is 2. The van der Waals surface area contributed by atoms with Gasteiger partial charge in [0.15, 0.2) is 0 Å². The van der Waals surface area contributed by atoms with Crippen LogP contribution in [0.3, 0.4) is 0 Å². The second-order valence-corrected chi connectivity index (χ2v) is 10.6. The van der Waals surface area contributed by atoms with Crippen LogP contribution in [-0.2, 0) is 28.2 Å². The number of methoxy groups -OCH3 is 1. The fourth-order valence-electron chi connectivity index (χ4n) is 4.32. The molecule has 1 saturated carbocycles. The topological polar surface area (TPSA) is 116 Å². The largest absolute Gasteiger partial charge is 0.496 e. The predicted molar refractivity (Wildman–Crippen MR) is 157 cm³/mol. The van der Waals surface area contributed by atoms with Crippen LogP contribution in [0.1, 0.15) is 71.7 Å². The average Bonchev–Trinajstić information content (AvgIpc) is 3.38. The van der Waals surface area contributed by atoms with Gasteiger partial charge < -0.3 is 14.0 Å². The van der Waals surface area contributed by atoms with Crippen LogP contribution in [0.25, 0.3) is 10.9 Å². The van der Waals surface area contributed by atoms with Crippen molar-refractivity contribution >= 4 is 38.6 Å². The molecule has 2 amide bonds. The number of aryl methyl sites for hydroxylation is 2. The maximum atomic E-state index is 13.2. The molecule has 1 fully saturated rings. The zero-order chi connectivity index (χ0) is 41.3. The molecule has 0 atom stereocenters. The molecule has 9 nitrogen and oxygen atoms in total. The number of carbonyl (C=O) groups is 2. The fraction of sp³-hybridized carbons (Fsp3) is 0.290. The number of carbonyl (C=O) groups excluding carboxylic acids is 2. The van der Waals surface area contributed by atoms with E-state index in [4.69, 9.17) is 28.7 Å². The molecule has 214 valence electrons. The number of benzene rings is 3. The van der Waals surface area contributed by atoms with E-state index in [1.165, 1.54) is 36.4 Å². The Morgan fingerprint density at radius 3 is 2.66 bits per heavy atom. The molecule has 0 saturated heterocycles. The van der Waals surface area contributed by atoms with E-state index in [0.717, 1.165) is 18.2 Å². The van der Waals surface area contributed by atoms with Gasteiger partial charge in [0.25, 0.3) is 15.9 Å². The van der Waals surface area contributed by atoms with Crippen LogP contribution in [-0.4, -0.2) is 38.1 Å². The van der Waals surface area contributed by atoms with Gasteiger partial charge in [-0.1, -0.05) is 24.3 Å². The van der Waals surface area contributed by atoms with E-state index >= 15 is 0 Å². The summed E-state index contributed by atoms with van der Waals surface area (Å²) >= 11 is 0. The van der Waals surface area contributed by atoms with Crippen molar-refractivity contribution in [3.05, 3.63) is 89.1 Å². The molecular formula is C31H33N3O6S. The lowest BCUT2D eigenvalue weighted by molar-refractivity contribution is 0.0980. The summed E-state index contributed by atoms with van der Waals surface area (Å²) in [6, 6.07) is 12.8. The van der Waals surface area contributed by atoms with Crippen molar-refractivity contribution < 1.29 is 46.7 Å². The van der Waals surface area contributed by atoms with Crippen molar-refractivity contribution in [2.45, 2.75) is 49.8 Å². The first-order valence-corrected chi connectivity index (χ1v) is 13.5. The van der Waals surface area contributed by atoms with Gasteiger partial charge in [-0.3, -0.25) is 10.1 Å². The van der Waals surface area contributed by atoms with Crippen LogP contribution in [0, 0.1) is 6.85 Å². The smallest absolute Gasteiger partial charge is 0.411 e. The number of hydrogen-bond acceptors (Lipinski definition) is 6. The summed E-state index contributed by atoms with van der Waals surface area (Å²) in [5.41, 5.74) is 0.560. The lowest BCUT2D eigenvalue weighted by Gasteiger charge is -2.13. The number of aromatic nitrogens is 1. The number of rotatable bonds is 8. The van der Waals surface area contributed by atoms with Gasteiger partial charge in [-0.2, -0.15) is 0 Å². The molecule has 5 rings (SSSR count). The van der Waals surface area contributed by atoms with Crippen LogP contribution in [0.15, 0.2) is 71.8 Å². The third kappa shape index (κ3) is 6.22. The van der Waals surface area contributed by atoms with Gasteiger partial charge in [-0.15, -0.1) is 0 Å². The first-order chi connectivity index (χ1) is 25.0. The van der Waals surface area contributed by atoms with Crippen molar-refractivity contribution in [2.75, 3.05) is 12.4 Å². The molecule has 0 spiro atoms. The Labute approximate surface area is 259 Å². The van der Waals surface area contributed by atoms with Crippen LogP contribution in [0.4, 0.5) is 10.5 Å². The molecule has 1 aromatic heterocycles. The number of nitrogens with one attached hydrogen (secondary N) is 2. The van der Waals surface area contributed by atoms with Crippen molar-refractivity contribution in [1.29, 1.82) is 0 Å². The Bertz CT molecular complexity index is 2260. The summed E-state index contributed by atoms with van der Waals surface area (Å²) in [4.78, 5) is 25.4. The second-order valence-electron chi connectivity index (χ2n) is 8.98. The lowest BCUT2D eigenvalue weighted by atomic mass is 10.0. The second kappa shape index (κ2) is 11.7. The summed E-state index contributed by atoms with van der Waals surface area (Å²) in [5, 5.41) is 2.81. The number of sulfonamides is 1. The highest BCUT2D eigenvalue weighted by Gasteiger charge is 2.22. The number of amides is 2. The summed E-state index contributed by atoms with van der Waals surface area (Å²) in [6.07, 6.45) is -15.5. The highest BCUT2D eigenvalue weighted by atomic mass is 32.2. The van der Waals surface area contributed by atoms with Gasteiger partial charge in [0.05, 0.1) is 16.0 Å². The Morgan fingerprint density at radius 2 is 1.88 bits per heavy atom. The van der Waals surface area contributed by atoms with Gasteiger partial charge in [0, 0.05) is 56.9 Å². The Hall–Kier alpha value is -4.31. The summed E-state index contributed by atoms with van der Waals surface area (Å²) in [7, 11) is -6.04. The molecule has 0 aliphatic heterocycles. The Balaban J connectivity index is 1.42. The van der Waals surface area contributed by atoms with Crippen molar-refractivity contribution in [3.8, 4) is 5.75 Å². The average molecular weight is 590 g/mol. The fourth-order valence-corrected chi connectivity index (χ4v) is 5.41. The van der Waals surface area contributed by atoms with E-state index in [1.807, 2.05) is 4.72 Å². The van der Waals surface area contributed by atoms with E-state index in [1.54, 1.807) is 23.9 Å². The van der Waals surface area contributed by atoms with Gasteiger partial charge in [0.1, 0.15) is 11.9 Å². The summed E-state index contributed by atoms with van der Waals surface area (Å²) < 4.78 is 150. The predicted octanol–water partition coefficient (Wildman–Crippen LogP) is 5.70. The van der Waals surface area contributed by atoms with Crippen molar-refractivity contribution in [3.63, 3.8) is 0 Å². The van der Waals surface area contributed by atoms with E-state index in [-0.39, 0.29) is 29.0 Å². The zero-order valence-corrected chi connectivity index (χ0v) is 22.3. The molecule has 1 aliphatic rings. The Kier molecular flexibility index (Phi) is 4.44. The minimum absolute atomic E-state index is 0.0462. The number of anilines is 1. The first-order valence-electron chi connectivity index (χ1n) is 19.1.